The number of benzene rings is 1. The Labute approximate surface area is 170 Å². The Morgan fingerprint density at radius 1 is 1.24 bits per heavy atom. The van der Waals surface area contributed by atoms with Gasteiger partial charge in [-0.15, -0.1) is 0 Å². The van der Waals surface area contributed by atoms with Crippen LogP contribution in [0.15, 0.2) is 48.7 Å². The number of nitrogens with zero attached hydrogens (tertiary/aromatic N) is 1. The lowest BCUT2D eigenvalue weighted by Gasteiger charge is -2.55. The van der Waals surface area contributed by atoms with E-state index in [1.165, 1.54) is 0 Å². The molecule has 1 spiro atoms. The number of amides is 2. The second kappa shape index (κ2) is 6.87. The van der Waals surface area contributed by atoms with Gasteiger partial charge < -0.3 is 15.4 Å². The normalized spacial score (nSPS) is 30.8. The zero-order valence-electron chi connectivity index (χ0n) is 16.4. The zero-order chi connectivity index (χ0) is 20.0. The van der Waals surface area contributed by atoms with Crippen LogP contribution in [-0.4, -0.2) is 22.5 Å². The summed E-state index contributed by atoms with van der Waals surface area (Å²) >= 11 is 0. The number of ether oxygens (including phenoxy) is 1. The first-order valence-electron chi connectivity index (χ1n) is 10.4. The van der Waals surface area contributed by atoms with Gasteiger partial charge in [0.15, 0.2) is 5.72 Å². The number of aromatic nitrogens is 1. The summed E-state index contributed by atoms with van der Waals surface area (Å²) in [5.74, 6) is 0.920. The van der Waals surface area contributed by atoms with Crippen LogP contribution in [-0.2, 0) is 4.79 Å². The van der Waals surface area contributed by atoms with Crippen molar-refractivity contribution in [3.8, 4) is 5.75 Å². The highest BCUT2D eigenvalue weighted by atomic mass is 16.5. The van der Waals surface area contributed by atoms with E-state index in [1.54, 1.807) is 12.3 Å². The van der Waals surface area contributed by atoms with Gasteiger partial charge in [0.1, 0.15) is 5.75 Å². The summed E-state index contributed by atoms with van der Waals surface area (Å²) in [6.45, 7) is 1.96. The molecule has 0 saturated heterocycles. The van der Waals surface area contributed by atoms with Gasteiger partial charge in [0.2, 0.25) is 5.91 Å². The van der Waals surface area contributed by atoms with Gasteiger partial charge in [-0.1, -0.05) is 18.2 Å². The number of rotatable bonds is 3. The van der Waals surface area contributed by atoms with Crippen LogP contribution in [0.5, 0.6) is 5.75 Å². The standard InChI is InChI=1S/C23H25N3O3/c1-14(19-7-4-5-11-24-19)25-21(27)18-12-16-10-9-15(18)13-23(16)26-22(28)17-6-2-3-8-20(17)29-23/h2-8,11,14-16,18H,9-10,12-13H2,1H3,(H,25,27)(H,26,28)/t14-,15+,16-,18+,23-/m0/s1. The van der Waals surface area contributed by atoms with E-state index in [9.17, 15) is 9.59 Å². The van der Waals surface area contributed by atoms with Crippen molar-refractivity contribution < 1.29 is 14.3 Å². The van der Waals surface area contributed by atoms with Crippen molar-refractivity contribution in [1.82, 2.24) is 15.6 Å². The van der Waals surface area contributed by atoms with E-state index in [2.05, 4.69) is 15.6 Å². The molecule has 2 aromatic rings. The SMILES string of the molecule is C[C@H](NC(=O)[C@@H]1C[C@@H]2CC[C@@H]1C[C@@]21NC(=O)c2ccccc2O1)c1ccccn1. The fraction of sp³-hybridized carbons (Fsp3) is 0.435. The molecular formula is C23H25N3O3. The number of carbonyl (C=O) groups is 2. The van der Waals surface area contributed by atoms with Gasteiger partial charge in [-0.25, -0.2) is 0 Å². The molecule has 6 nitrogen and oxygen atoms in total. The third kappa shape index (κ3) is 3.07. The number of pyridine rings is 1. The van der Waals surface area contributed by atoms with Crippen LogP contribution in [0.3, 0.4) is 0 Å². The maximum absolute atomic E-state index is 13.0. The summed E-state index contributed by atoms with van der Waals surface area (Å²) in [5.41, 5.74) is 0.758. The second-order valence-electron chi connectivity index (χ2n) is 8.51. The summed E-state index contributed by atoms with van der Waals surface area (Å²) < 4.78 is 6.37. The Hall–Kier alpha value is -2.89. The summed E-state index contributed by atoms with van der Waals surface area (Å²) in [5, 5.41) is 6.28. The Morgan fingerprint density at radius 3 is 2.83 bits per heavy atom. The fourth-order valence-electron chi connectivity index (χ4n) is 5.31. The number of hydrogen-bond donors (Lipinski definition) is 2. The second-order valence-corrected chi connectivity index (χ2v) is 8.51. The summed E-state index contributed by atoms with van der Waals surface area (Å²) in [6.07, 6.45) is 5.10. The lowest BCUT2D eigenvalue weighted by Crippen LogP contribution is -2.67. The van der Waals surface area contributed by atoms with Crippen molar-refractivity contribution >= 4 is 11.8 Å². The van der Waals surface area contributed by atoms with Gasteiger partial charge in [0.05, 0.1) is 17.3 Å². The molecule has 6 heteroatoms. The van der Waals surface area contributed by atoms with Crippen molar-refractivity contribution in [3.05, 3.63) is 59.9 Å². The van der Waals surface area contributed by atoms with Crippen molar-refractivity contribution in [3.63, 3.8) is 0 Å². The van der Waals surface area contributed by atoms with Crippen LogP contribution in [0, 0.1) is 17.8 Å². The van der Waals surface area contributed by atoms with E-state index >= 15 is 0 Å². The van der Waals surface area contributed by atoms with Gasteiger partial charge in [-0.05, 0) is 56.4 Å². The highest BCUT2D eigenvalue weighted by Gasteiger charge is 2.57. The topological polar surface area (TPSA) is 80.3 Å². The molecule has 1 aromatic carbocycles. The lowest BCUT2D eigenvalue weighted by molar-refractivity contribution is -0.147. The predicted molar refractivity (Wildman–Crippen MR) is 107 cm³/mol. The van der Waals surface area contributed by atoms with Gasteiger partial charge in [0.25, 0.3) is 5.91 Å². The Bertz CT molecular complexity index is 947. The molecule has 29 heavy (non-hydrogen) atoms. The van der Waals surface area contributed by atoms with Gasteiger partial charge in [0, 0.05) is 24.5 Å². The summed E-state index contributed by atoms with van der Waals surface area (Å²) in [4.78, 5) is 30.1. The molecule has 2 heterocycles. The molecule has 0 unspecified atom stereocenters. The van der Waals surface area contributed by atoms with E-state index in [0.29, 0.717) is 17.7 Å². The molecule has 3 aliphatic carbocycles. The Balaban J connectivity index is 1.32. The van der Waals surface area contributed by atoms with Crippen LogP contribution in [0.2, 0.25) is 0 Å². The molecule has 0 radical (unpaired) electrons. The highest BCUT2D eigenvalue weighted by molar-refractivity contribution is 5.98. The quantitative estimate of drug-likeness (QED) is 0.842. The third-order valence-corrected chi connectivity index (χ3v) is 6.79. The average Bonchev–Trinajstić information content (AvgIpc) is 2.74. The van der Waals surface area contributed by atoms with Crippen LogP contribution in [0.1, 0.15) is 54.7 Å². The molecule has 5 atom stereocenters. The van der Waals surface area contributed by atoms with E-state index in [4.69, 9.17) is 4.74 Å². The van der Waals surface area contributed by atoms with E-state index in [-0.39, 0.29) is 35.6 Å². The molecular weight excluding hydrogens is 366 g/mol. The van der Waals surface area contributed by atoms with Crippen molar-refractivity contribution in [2.24, 2.45) is 17.8 Å². The number of para-hydroxylation sites is 1. The van der Waals surface area contributed by atoms with Crippen molar-refractivity contribution in [2.45, 2.75) is 44.4 Å². The van der Waals surface area contributed by atoms with Crippen LogP contribution in [0.25, 0.3) is 0 Å². The van der Waals surface area contributed by atoms with Crippen LogP contribution < -0.4 is 15.4 Å². The molecule has 6 rings (SSSR count). The first-order valence-corrected chi connectivity index (χ1v) is 10.4. The Morgan fingerprint density at radius 2 is 2.07 bits per heavy atom. The maximum atomic E-state index is 13.0. The van der Waals surface area contributed by atoms with Gasteiger partial charge >= 0.3 is 0 Å². The molecule has 2 bridgehead atoms. The van der Waals surface area contributed by atoms with E-state index < -0.39 is 5.72 Å². The minimum Gasteiger partial charge on any atom is -0.467 e. The third-order valence-electron chi connectivity index (χ3n) is 6.79. The zero-order valence-corrected chi connectivity index (χ0v) is 16.4. The van der Waals surface area contributed by atoms with Gasteiger partial charge in [-0.2, -0.15) is 0 Å². The van der Waals surface area contributed by atoms with Crippen molar-refractivity contribution in [1.29, 1.82) is 0 Å². The first kappa shape index (κ1) is 18.2. The molecule has 2 amide bonds. The predicted octanol–water partition coefficient (Wildman–Crippen LogP) is 3.21. The number of hydrogen-bond acceptors (Lipinski definition) is 4. The molecule has 4 aliphatic rings. The molecule has 1 aliphatic heterocycles. The molecule has 1 aromatic heterocycles. The number of fused-ring (bicyclic) bond motifs is 3. The smallest absolute Gasteiger partial charge is 0.258 e. The van der Waals surface area contributed by atoms with E-state index in [1.807, 2.05) is 43.3 Å². The number of nitrogens with one attached hydrogen (secondary N) is 2. The highest BCUT2D eigenvalue weighted by Crippen LogP contribution is 2.52. The monoisotopic (exact) mass is 391 g/mol. The largest absolute Gasteiger partial charge is 0.467 e. The first-order chi connectivity index (χ1) is 14.1. The minimum absolute atomic E-state index is 0.0526. The molecule has 150 valence electrons. The molecule has 3 saturated carbocycles. The van der Waals surface area contributed by atoms with Crippen molar-refractivity contribution in [2.75, 3.05) is 0 Å². The fourth-order valence-corrected chi connectivity index (χ4v) is 5.31. The lowest BCUT2D eigenvalue weighted by atomic mass is 9.60. The minimum atomic E-state index is -0.683. The molecule has 2 N–H and O–H groups in total. The maximum Gasteiger partial charge on any atom is 0.258 e. The van der Waals surface area contributed by atoms with E-state index in [0.717, 1.165) is 25.0 Å². The average molecular weight is 391 g/mol. The van der Waals surface area contributed by atoms with Crippen LogP contribution >= 0.6 is 0 Å². The number of carbonyl (C=O) groups excluding carboxylic acids is 2. The summed E-state index contributed by atoms with van der Waals surface area (Å²) in [7, 11) is 0. The molecule has 3 fully saturated rings. The summed E-state index contributed by atoms with van der Waals surface area (Å²) in [6, 6.07) is 13.0. The van der Waals surface area contributed by atoms with Crippen LogP contribution in [0.4, 0.5) is 0 Å². The van der Waals surface area contributed by atoms with Gasteiger partial charge in [-0.3, -0.25) is 14.6 Å². The Kier molecular flexibility index (Phi) is 4.30.